The van der Waals surface area contributed by atoms with Crippen LogP contribution in [0.1, 0.15) is 38.7 Å². The van der Waals surface area contributed by atoms with E-state index >= 15 is 0 Å². The van der Waals surface area contributed by atoms with E-state index in [-0.39, 0.29) is 17.6 Å². The van der Waals surface area contributed by atoms with E-state index in [9.17, 15) is 14.9 Å². The number of carboxylic acids is 1. The van der Waals surface area contributed by atoms with Crippen LogP contribution in [0.15, 0.2) is 12.3 Å². The number of nitro groups is 1. The van der Waals surface area contributed by atoms with Crippen molar-refractivity contribution in [3.05, 3.63) is 27.9 Å². The van der Waals surface area contributed by atoms with Crippen molar-refractivity contribution in [2.45, 2.75) is 46.1 Å². The summed E-state index contributed by atoms with van der Waals surface area (Å²) in [5.74, 6) is -0.517. The molecule has 21 heavy (non-hydrogen) atoms. The van der Waals surface area contributed by atoms with Crippen molar-refractivity contribution < 1.29 is 14.8 Å². The molecule has 7 nitrogen and oxygen atoms in total. The Kier molecular flexibility index (Phi) is 6.08. The van der Waals surface area contributed by atoms with Gasteiger partial charge in [-0.05, 0) is 32.8 Å². The predicted octanol–water partition coefficient (Wildman–Crippen LogP) is 2.99. The molecule has 0 fully saturated rings. The molecule has 0 saturated heterocycles. The fraction of sp³-hybridized carbons (Fsp3) is 0.571. The highest BCUT2D eigenvalue weighted by Crippen LogP contribution is 2.20. The Morgan fingerprint density at radius 1 is 1.48 bits per heavy atom. The number of carboxylic acid groups (broad SMARTS) is 1. The molecule has 2 atom stereocenters. The van der Waals surface area contributed by atoms with E-state index in [1.54, 1.807) is 19.9 Å². The van der Waals surface area contributed by atoms with Crippen molar-refractivity contribution in [2.75, 3.05) is 5.32 Å². The smallest absolute Gasteiger partial charge is 0.306 e. The Morgan fingerprint density at radius 3 is 2.67 bits per heavy atom. The summed E-state index contributed by atoms with van der Waals surface area (Å²) >= 11 is 0. The van der Waals surface area contributed by atoms with Crippen LogP contribution >= 0.6 is 0 Å². The number of aliphatic carboxylic acids is 1. The molecule has 0 saturated carbocycles. The molecule has 1 heterocycles. The monoisotopic (exact) mass is 295 g/mol. The van der Waals surface area contributed by atoms with Crippen LogP contribution in [0.25, 0.3) is 0 Å². The highest BCUT2D eigenvalue weighted by Gasteiger charge is 2.13. The van der Waals surface area contributed by atoms with E-state index in [0.717, 1.165) is 12.8 Å². The van der Waals surface area contributed by atoms with E-state index < -0.39 is 10.9 Å². The maximum atomic E-state index is 10.7. The third kappa shape index (κ3) is 5.37. The van der Waals surface area contributed by atoms with Gasteiger partial charge in [0.1, 0.15) is 12.0 Å². The average molecular weight is 295 g/mol. The molecule has 1 aromatic heterocycles. The van der Waals surface area contributed by atoms with Crippen molar-refractivity contribution in [1.82, 2.24) is 4.98 Å². The van der Waals surface area contributed by atoms with E-state index in [4.69, 9.17) is 5.11 Å². The minimum absolute atomic E-state index is 0.00323. The van der Waals surface area contributed by atoms with Crippen LogP contribution in [0.2, 0.25) is 0 Å². The maximum absolute atomic E-state index is 10.7. The quantitative estimate of drug-likeness (QED) is 0.564. The van der Waals surface area contributed by atoms with Crippen LogP contribution < -0.4 is 5.32 Å². The second kappa shape index (κ2) is 7.56. The Balaban J connectivity index is 2.48. The van der Waals surface area contributed by atoms with E-state index in [1.165, 1.54) is 6.20 Å². The van der Waals surface area contributed by atoms with Crippen LogP contribution in [0, 0.1) is 23.0 Å². The average Bonchev–Trinajstić information content (AvgIpc) is 2.37. The number of nitrogens with zero attached hydrogens (tertiary/aromatic N) is 2. The molecule has 7 heteroatoms. The summed E-state index contributed by atoms with van der Waals surface area (Å²) in [6.45, 7) is 5.34. The Bertz CT molecular complexity index is 519. The zero-order chi connectivity index (χ0) is 16.0. The fourth-order valence-corrected chi connectivity index (χ4v) is 2.00. The molecular formula is C14H21N3O4. The summed E-state index contributed by atoms with van der Waals surface area (Å²) in [5, 5.41) is 22.7. The molecule has 2 N–H and O–H groups in total. The third-order valence-electron chi connectivity index (χ3n) is 3.37. The number of carbonyl (C=O) groups is 1. The summed E-state index contributed by atoms with van der Waals surface area (Å²) in [5.41, 5.74) is 0.563. The minimum atomic E-state index is -0.775. The number of hydrogen-bond donors (Lipinski definition) is 2. The van der Waals surface area contributed by atoms with Crippen LogP contribution in [-0.2, 0) is 4.79 Å². The standard InChI is InChI=1S/C14H21N3O4/c1-9(14(18)19)5-4-6-11(3)16-13-7-10(2)12(8-15-13)17(20)21/h7-9,11H,4-6H2,1-3H3,(H,15,16)(H,18,19). The topological polar surface area (TPSA) is 105 Å². The molecule has 1 rings (SSSR count). The fourth-order valence-electron chi connectivity index (χ4n) is 2.00. The summed E-state index contributed by atoms with van der Waals surface area (Å²) in [7, 11) is 0. The van der Waals surface area contributed by atoms with E-state index in [2.05, 4.69) is 10.3 Å². The van der Waals surface area contributed by atoms with Crippen LogP contribution in [-0.4, -0.2) is 27.0 Å². The van der Waals surface area contributed by atoms with Crippen molar-refractivity contribution in [3.63, 3.8) is 0 Å². The summed E-state index contributed by atoms with van der Waals surface area (Å²) in [6, 6.07) is 1.77. The summed E-state index contributed by atoms with van der Waals surface area (Å²) in [4.78, 5) is 25.0. The first-order valence-electron chi connectivity index (χ1n) is 6.91. The van der Waals surface area contributed by atoms with Gasteiger partial charge < -0.3 is 10.4 Å². The SMILES string of the molecule is Cc1cc(NC(C)CCCC(C)C(=O)O)ncc1[N+](=O)[O-]. The second-order valence-electron chi connectivity index (χ2n) is 5.33. The highest BCUT2D eigenvalue weighted by molar-refractivity contribution is 5.69. The number of nitrogens with one attached hydrogen (secondary N) is 1. The molecule has 1 aromatic rings. The van der Waals surface area contributed by atoms with Gasteiger partial charge in [0.25, 0.3) is 5.69 Å². The molecule has 0 radical (unpaired) electrons. The lowest BCUT2D eigenvalue weighted by Crippen LogP contribution is -2.17. The molecule has 0 aromatic carbocycles. The Morgan fingerprint density at radius 2 is 2.14 bits per heavy atom. The van der Waals surface area contributed by atoms with Gasteiger partial charge in [-0.25, -0.2) is 4.98 Å². The lowest BCUT2D eigenvalue weighted by Gasteiger charge is -2.15. The number of rotatable bonds is 8. The number of aryl methyl sites for hydroxylation is 1. The zero-order valence-corrected chi connectivity index (χ0v) is 12.5. The highest BCUT2D eigenvalue weighted by atomic mass is 16.6. The largest absolute Gasteiger partial charge is 0.481 e. The molecule has 0 aliphatic carbocycles. The van der Waals surface area contributed by atoms with E-state index in [1.807, 2.05) is 6.92 Å². The Labute approximate surface area is 123 Å². The zero-order valence-electron chi connectivity index (χ0n) is 12.5. The molecule has 2 unspecified atom stereocenters. The second-order valence-corrected chi connectivity index (χ2v) is 5.33. The van der Waals surface area contributed by atoms with Gasteiger partial charge in [0, 0.05) is 11.6 Å². The number of pyridine rings is 1. The lowest BCUT2D eigenvalue weighted by atomic mass is 10.0. The van der Waals surface area contributed by atoms with Gasteiger partial charge in [-0.15, -0.1) is 0 Å². The van der Waals surface area contributed by atoms with Gasteiger partial charge in [-0.2, -0.15) is 0 Å². The predicted molar refractivity (Wildman–Crippen MR) is 79.4 cm³/mol. The van der Waals surface area contributed by atoms with Crippen molar-refractivity contribution in [1.29, 1.82) is 0 Å². The first-order chi connectivity index (χ1) is 9.81. The lowest BCUT2D eigenvalue weighted by molar-refractivity contribution is -0.385. The normalized spacial score (nSPS) is 13.5. The van der Waals surface area contributed by atoms with Crippen LogP contribution in [0.3, 0.4) is 0 Å². The summed E-state index contributed by atoms with van der Waals surface area (Å²) in [6.07, 6.45) is 3.49. The molecule has 0 spiro atoms. The number of aromatic nitrogens is 1. The summed E-state index contributed by atoms with van der Waals surface area (Å²) < 4.78 is 0. The minimum Gasteiger partial charge on any atom is -0.481 e. The molecular weight excluding hydrogens is 274 g/mol. The molecule has 0 aliphatic rings. The number of hydrogen-bond acceptors (Lipinski definition) is 5. The van der Waals surface area contributed by atoms with Gasteiger partial charge >= 0.3 is 5.97 Å². The van der Waals surface area contributed by atoms with Crippen molar-refractivity contribution >= 4 is 17.5 Å². The first kappa shape index (κ1) is 16.9. The Hall–Kier alpha value is -2.18. The van der Waals surface area contributed by atoms with Gasteiger partial charge in [0.05, 0.1) is 10.8 Å². The van der Waals surface area contributed by atoms with Gasteiger partial charge in [-0.3, -0.25) is 14.9 Å². The third-order valence-corrected chi connectivity index (χ3v) is 3.37. The van der Waals surface area contributed by atoms with Gasteiger partial charge in [0.15, 0.2) is 0 Å². The van der Waals surface area contributed by atoms with E-state index in [0.29, 0.717) is 17.8 Å². The van der Waals surface area contributed by atoms with Gasteiger partial charge in [0.2, 0.25) is 0 Å². The van der Waals surface area contributed by atoms with Gasteiger partial charge in [-0.1, -0.05) is 13.3 Å². The molecule has 0 aliphatic heterocycles. The van der Waals surface area contributed by atoms with Crippen LogP contribution in [0.4, 0.5) is 11.5 Å². The van der Waals surface area contributed by atoms with Crippen LogP contribution in [0.5, 0.6) is 0 Å². The molecule has 0 amide bonds. The van der Waals surface area contributed by atoms with Crippen molar-refractivity contribution in [2.24, 2.45) is 5.92 Å². The number of anilines is 1. The van der Waals surface area contributed by atoms with Crippen molar-refractivity contribution in [3.8, 4) is 0 Å². The molecule has 116 valence electrons. The molecule has 0 bridgehead atoms. The maximum Gasteiger partial charge on any atom is 0.306 e. The first-order valence-corrected chi connectivity index (χ1v) is 6.91.